The van der Waals surface area contributed by atoms with Crippen LogP contribution in [0.1, 0.15) is 1.43 Å². The molecule has 0 atom stereocenters. The molecule has 66 valence electrons. The van der Waals surface area contributed by atoms with E-state index in [1.54, 1.807) is 0 Å². The van der Waals surface area contributed by atoms with Gasteiger partial charge >= 0.3 is 29.6 Å². The predicted molar refractivity (Wildman–Crippen MR) is 54.1 cm³/mol. The minimum absolute atomic E-state index is 0. The van der Waals surface area contributed by atoms with Gasteiger partial charge in [0.05, 0.1) is 0 Å². The number of hydrogen-bond acceptors (Lipinski definition) is 1. The molecule has 1 nitrogen and oxygen atoms in total. The Hall–Kier alpha value is -0.760. The largest absolute Gasteiger partial charge is 1.00 e. The Kier molecular flexibility index (Phi) is 4.74. The van der Waals surface area contributed by atoms with Crippen molar-refractivity contribution in [3.8, 4) is 11.5 Å². The SMILES string of the molecule is [H-].[Na+].c1ccc(Oc2ccccc2)cc1. The zero-order chi connectivity index (χ0) is 8.93. The maximum atomic E-state index is 5.58. The van der Waals surface area contributed by atoms with Crippen LogP contribution in [0.2, 0.25) is 0 Å². The van der Waals surface area contributed by atoms with E-state index in [-0.39, 0.29) is 31.0 Å². The van der Waals surface area contributed by atoms with E-state index in [2.05, 4.69) is 0 Å². The number of hydrogen-bond donors (Lipinski definition) is 0. The standard InChI is InChI=1S/C12H10O.Na.H/c1-3-7-11(8-4-1)13-12-9-5-2-6-10-12;;/h1-10H;;/q;+1;-1. The van der Waals surface area contributed by atoms with Crippen LogP contribution in [0.15, 0.2) is 60.7 Å². The van der Waals surface area contributed by atoms with Crippen LogP contribution in [0.4, 0.5) is 0 Å². The number of rotatable bonds is 2. The van der Waals surface area contributed by atoms with E-state index in [0.29, 0.717) is 0 Å². The van der Waals surface area contributed by atoms with Gasteiger partial charge in [0.15, 0.2) is 0 Å². The second-order valence-corrected chi connectivity index (χ2v) is 2.73. The summed E-state index contributed by atoms with van der Waals surface area (Å²) in [6, 6.07) is 19.5. The molecule has 0 aliphatic carbocycles. The number of benzene rings is 2. The smallest absolute Gasteiger partial charge is 1.00 e. The van der Waals surface area contributed by atoms with Crippen molar-refractivity contribution in [1.29, 1.82) is 0 Å². The first-order valence-corrected chi connectivity index (χ1v) is 4.23. The van der Waals surface area contributed by atoms with Crippen molar-refractivity contribution in [2.75, 3.05) is 0 Å². The molecule has 0 aromatic heterocycles. The zero-order valence-corrected chi connectivity index (χ0v) is 10.2. The van der Waals surface area contributed by atoms with E-state index in [4.69, 9.17) is 4.74 Å². The summed E-state index contributed by atoms with van der Waals surface area (Å²) in [5.41, 5.74) is 0. The minimum Gasteiger partial charge on any atom is -1.00 e. The molecule has 14 heavy (non-hydrogen) atoms. The Balaban J connectivity index is 0.000000980. The predicted octanol–water partition coefficient (Wildman–Crippen LogP) is 0.595. The van der Waals surface area contributed by atoms with Crippen LogP contribution in [0.25, 0.3) is 0 Å². The van der Waals surface area contributed by atoms with Crippen molar-refractivity contribution in [3.63, 3.8) is 0 Å². The number of para-hydroxylation sites is 2. The van der Waals surface area contributed by atoms with Crippen molar-refractivity contribution >= 4 is 0 Å². The average Bonchev–Trinajstić information content (AvgIpc) is 2.21. The van der Waals surface area contributed by atoms with Crippen molar-refractivity contribution in [2.45, 2.75) is 0 Å². The van der Waals surface area contributed by atoms with Crippen LogP contribution in [0.3, 0.4) is 0 Å². The molecule has 0 bridgehead atoms. The van der Waals surface area contributed by atoms with Gasteiger partial charge in [-0.15, -0.1) is 0 Å². The summed E-state index contributed by atoms with van der Waals surface area (Å²) in [6.07, 6.45) is 0. The molecule has 2 heteroatoms. The van der Waals surface area contributed by atoms with Gasteiger partial charge in [-0.1, -0.05) is 36.4 Å². The third-order valence-corrected chi connectivity index (χ3v) is 1.72. The van der Waals surface area contributed by atoms with Gasteiger partial charge in [-0.2, -0.15) is 0 Å². The third-order valence-electron chi connectivity index (χ3n) is 1.72. The molecule has 0 aliphatic heterocycles. The minimum atomic E-state index is 0. The summed E-state index contributed by atoms with van der Waals surface area (Å²) in [7, 11) is 0. The maximum absolute atomic E-state index is 5.58. The van der Waals surface area contributed by atoms with Gasteiger partial charge in [0.25, 0.3) is 0 Å². The Morgan fingerprint density at radius 1 is 0.643 bits per heavy atom. The summed E-state index contributed by atoms with van der Waals surface area (Å²) in [5, 5.41) is 0. The van der Waals surface area contributed by atoms with Gasteiger partial charge in [-0.05, 0) is 24.3 Å². The summed E-state index contributed by atoms with van der Waals surface area (Å²) in [6.45, 7) is 0. The fraction of sp³-hybridized carbons (Fsp3) is 0. The molecule has 0 fully saturated rings. The van der Waals surface area contributed by atoms with E-state index >= 15 is 0 Å². The molecule has 0 heterocycles. The van der Waals surface area contributed by atoms with Crippen LogP contribution in [-0.2, 0) is 0 Å². The van der Waals surface area contributed by atoms with Gasteiger partial charge in [-0.25, -0.2) is 0 Å². The molecular weight excluding hydrogens is 183 g/mol. The van der Waals surface area contributed by atoms with Gasteiger partial charge in [0.2, 0.25) is 0 Å². The quantitative estimate of drug-likeness (QED) is 0.636. The Morgan fingerprint density at radius 3 is 1.36 bits per heavy atom. The molecule has 0 unspecified atom stereocenters. The van der Waals surface area contributed by atoms with Crippen LogP contribution in [-0.4, -0.2) is 0 Å². The molecule has 0 N–H and O–H groups in total. The van der Waals surface area contributed by atoms with Gasteiger partial charge in [0.1, 0.15) is 11.5 Å². The monoisotopic (exact) mass is 194 g/mol. The second kappa shape index (κ2) is 5.86. The fourth-order valence-electron chi connectivity index (χ4n) is 1.11. The Morgan fingerprint density at radius 2 is 1.00 bits per heavy atom. The fourth-order valence-corrected chi connectivity index (χ4v) is 1.11. The van der Waals surface area contributed by atoms with Crippen LogP contribution < -0.4 is 34.3 Å². The summed E-state index contributed by atoms with van der Waals surface area (Å²) >= 11 is 0. The molecule has 0 saturated carbocycles. The first-order chi connectivity index (χ1) is 6.45. The van der Waals surface area contributed by atoms with Gasteiger partial charge in [0, 0.05) is 0 Å². The molecule has 0 saturated heterocycles. The molecule has 2 aromatic carbocycles. The van der Waals surface area contributed by atoms with Crippen molar-refractivity contribution < 1.29 is 35.7 Å². The molecule has 0 aliphatic rings. The molecule has 0 spiro atoms. The van der Waals surface area contributed by atoms with Gasteiger partial charge in [-0.3, -0.25) is 0 Å². The Bertz CT molecular complexity index is 326. The van der Waals surface area contributed by atoms with Crippen LogP contribution in [0, 0.1) is 0 Å². The van der Waals surface area contributed by atoms with Crippen LogP contribution in [0.5, 0.6) is 11.5 Å². The van der Waals surface area contributed by atoms with Crippen LogP contribution >= 0.6 is 0 Å². The Labute approximate surface area is 108 Å². The van der Waals surface area contributed by atoms with E-state index < -0.39 is 0 Å². The zero-order valence-electron chi connectivity index (χ0n) is 9.18. The van der Waals surface area contributed by atoms with E-state index in [1.165, 1.54) is 0 Å². The van der Waals surface area contributed by atoms with Crippen molar-refractivity contribution in [3.05, 3.63) is 60.7 Å². The number of ether oxygens (including phenoxy) is 1. The summed E-state index contributed by atoms with van der Waals surface area (Å²) in [4.78, 5) is 0. The molecule has 2 aromatic rings. The van der Waals surface area contributed by atoms with E-state index in [1.807, 2.05) is 60.7 Å². The first kappa shape index (κ1) is 11.3. The van der Waals surface area contributed by atoms with E-state index in [9.17, 15) is 0 Å². The van der Waals surface area contributed by atoms with Gasteiger partial charge < -0.3 is 6.16 Å². The topological polar surface area (TPSA) is 9.23 Å². The van der Waals surface area contributed by atoms with Crippen molar-refractivity contribution in [1.82, 2.24) is 0 Å². The molecule has 0 radical (unpaired) electrons. The summed E-state index contributed by atoms with van der Waals surface area (Å²) < 4.78 is 5.58. The summed E-state index contributed by atoms with van der Waals surface area (Å²) in [5.74, 6) is 1.74. The average molecular weight is 194 g/mol. The molecular formula is C12H11NaO. The normalized spacial score (nSPS) is 8.86. The maximum Gasteiger partial charge on any atom is 1.00 e. The molecule has 2 rings (SSSR count). The second-order valence-electron chi connectivity index (χ2n) is 2.73. The molecule has 0 amide bonds. The first-order valence-electron chi connectivity index (χ1n) is 4.23. The van der Waals surface area contributed by atoms with Crippen molar-refractivity contribution in [2.24, 2.45) is 0 Å². The third kappa shape index (κ3) is 3.18. The van der Waals surface area contributed by atoms with E-state index in [0.717, 1.165) is 11.5 Å².